The Bertz CT molecular complexity index is 652. The van der Waals surface area contributed by atoms with Crippen molar-refractivity contribution >= 4 is 17.3 Å². The van der Waals surface area contributed by atoms with Gasteiger partial charge in [-0.2, -0.15) is 10.4 Å². The number of nitrogens with zero attached hydrogens (tertiary/aromatic N) is 3. The number of rotatable bonds is 3. The van der Waals surface area contributed by atoms with Gasteiger partial charge in [0, 0.05) is 5.02 Å². The number of nitriles is 1. The predicted molar refractivity (Wildman–Crippen MR) is 76.5 cm³/mol. The van der Waals surface area contributed by atoms with E-state index in [4.69, 9.17) is 17.3 Å². The molecule has 2 N–H and O–H groups in total. The first kappa shape index (κ1) is 13.4. The molecule has 1 aromatic heterocycles. The van der Waals surface area contributed by atoms with Crippen LogP contribution in [0, 0.1) is 11.3 Å². The summed E-state index contributed by atoms with van der Waals surface area (Å²) in [4.78, 5) is 0. The molecule has 0 bridgehead atoms. The van der Waals surface area contributed by atoms with Crippen LogP contribution in [0.5, 0.6) is 0 Å². The van der Waals surface area contributed by atoms with Crippen molar-refractivity contribution in [1.29, 1.82) is 5.26 Å². The van der Waals surface area contributed by atoms with Crippen molar-refractivity contribution in [2.24, 2.45) is 0 Å². The summed E-state index contributed by atoms with van der Waals surface area (Å²) in [6.45, 7) is 4.03. The third kappa shape index (κ3) is 2.29. The van der Waals surface area contributed by atoms with Gasteiger partial charge in [-0.15, -0.1) is 0 Å². The van der Waals surface area contributed by atoms with Gasteiger partial charge >= 0.3 is 0 Å². The largest absolute Gasteiger partial charge is 0.396 e. The molecule has 0 aliphatic rings. The van der Waals surface area contributed by atoms with E-state index in [9.17, 15) is 5.26 Å². The zero-order chi connectivity index (χ0) is 14.0. The van der Waals surface area contributed by atoms with E-state index in [0.717, 1.165) is 29.9 Å². The van der Waals surface area contributed by atoms with Crippen molar-refractivity contribution in [3.05, 3.63) is 40.2 Å². The molecule has 0 spiro atoms. The summed E-state index contributed by atoms with van der Waals surface area (Å²) >= 11 is 5.92. The number of benzene rings is 1. The molecule has 0 amide bonds. The maximum absolute atomic E-state index is 9.22. The Balaban J connectivity index is 2.69. The SMILES string of the molecule is CCc1nn(-c2ccc(Cl)cc2C#N)c(CC)c1N. The van der Waals surface area contributed by atoms with E-state index in [0.29, 0.717) is 16.3 Å². The molecule has 0 saturated carbocycles. The van der Waals surface area contributed by atoms with Gasteiger partial charge in [-0.05, 0) is 31.0 Å². The highest BCUT2D eigenvalue weighted by atomic mass is 35.5. The monoisotopic (exact) mass is 274 g/mol. The molecule has 98 valence electrons. The van der Waals surface area contributed by atoms with Crippen LogP contribution in [0.4, 0.5) is 5.69 Å². The quantitative estimate of drug-likeness (QED) is 0.935. The lowest BCUT2D eigenvalue weighted by molar-refractivity contribution is 0.792. The Morgan fingerprint density at radius 3 is 2.68 bits per heavy atom. The Hall–Kier alpha value is -1.99. The Morgan fingerprint density at radius 2 is 2.11 bits per heavy atom. The topological polar surface area (TPSA) is 67.6 Å². The zero-order valence-electron chi connectivity index (χ0n) is 10.9. The van der Waals surface area contributed by atoms with Gasteiger partial charge in [-0.25, -0.2) is 4.68 Å². The second kappa shape index (κ2) is 5.33. The minimum Gasteiger partial charge on any atom is -0.396 e. The van der Waals surface area contributed by atoms with Crippen LogP contribution in [0.15, 0.2) is 18.2 Å². The molecule has 0 radical (unpaired) electrons. The summed E-state index contributed by atoms with van der Waals surface area (Å²) < 4.78 is 1.75. The number of nitrogens with two attached hydrogens (primary N) is 1. The number of nitrogen functional groups attached to an aromatic ring is 1. The standard InChI is InChI=1S/C14H15ClN4/c1-3-11-14(17)12(4-2)19(18-11)13-6-5-10(15)7-9(13)8-16/h5-7H,3-4,17H2,1-2H3. The third-order valence-corrected chi connectivity index (χ3v) is 3.31. The minimum atomic E-state index is 0.493. The van der Waals surface area contributed by atoms with E-state index in [1.165, 1.54) is 0 Å². The van der Waals surface area contributed by atoms with Crippen molar-refractivity contribution < 1.29 is 0 Å². The van der Waals surface area contributed by atoms with Gasteiger partial charge in [-0.1, -0.05) is 25.4 Å². The number of hydrogen-bond donors (Lipinski definition) is 1. The van der Waals surface area contributed by atoms with Crippen molar-refractivity contribution in [1.82, 2.24) is 9.78 Å². The first-order chi connectivity index (χ1) is 9.12. The highest BCUT2D eigenvalue weighted by Gasteiger charge is 2.16. The van der Waals surface area contributed by atoms with E-state index < -0.39 is 0 Å². The van der Waals surface area contributed by atoms with Crippen LogP contribution in [0.25, 0.3) is 5.69 Å². The van der Waals surface area contributed by atoms with Crippen molar-refractivity contribution in [2.75, 3.05) is 5.73 Å². The smallest absolute Gasteiger partial charge is 0.101 e. The van der Waals surface area contributed by atoms with E-state index in [1.54, 1.807) is 22.9 Å². The summed E-state index contributed by atoms with van der Waals surface area (Å²) in [5.41, 5.74) is 9.80. The van der Waals surface area contributed by atoms with Crippen LogP contribution < -0.4 is 5.73 Å². The van der Waals surface area contributed by atoms with Crippen LogP contribution in [0.2, 0.25) is 5.02 Å². The van der Waals surface area contributed by atoms with E-state index in [1.807, 2.05) is 13.8 Å². The Labute approximate surface area is 117 Å². The second-order valence-corrected chi connectivity index (χ2v) is 4.64. The molecule has 19 heavy (non-hydrogen) atoms. The van der Waals surface area contributed by atoms with E-state index in [2.05, 4.69) is 11.2 Å². The van der Waals surface area contributed by atoms with Crippen molar-refractivity contribution in [3.63, 3.8) is 0 Å². The molecule has 0 unspecified atom stereocenters. The first-order valence-electron chi connectivity index (χ1n) is 6.18. The van der Waals surface area contributed by atoms with E-state index in [-0.39, 0.29) is 0 Å². The van der Waals surface area contributed by atoms with Gasteiger partial charge in [-0.3, -0.25) is 0 Å². The average molecular weight is 275 g/mol. The average Bonchev–Trinajstić information content (AvgIpc) is 2.74. The van der Waals surface area contributed by atoms with Gasteiger partial charge in [0.15, 0.2) is 0 Å². The highest BCUT2D eigenvalue weighted by Crippen LogP contribution is 2.25. The molecule has 0 aliphatic heterocycles. The zero-order valence-corrected chi connectivity index (χ0v) is 11.7. The van der Waals surface area contributed by atoms with Gasteiger partial charge in [0.05, 0.1) is 28.3 Å². The number of halogens is 1. The first-order valence-corrected chi connectivity index (χ1v) is 6.56. The van der Waals surface area contributed by atoms with Gasteiger partial charge < -0.3 is 5.73 Å². The molecule has 0 aliphatic carbocycles. The number of hydrogen-bond acceptors (Lipinski definition) is 3. The number of aromatic nitrogens is 2. The van der Waals surface area contributed by atoms with Gasteiger partial charge in [0.2, 0.25) is 0 Å². The molecule has 0 saturated heterocycles. The predicted octanol–water partition coefficient (Wildman–Crippen LogP) is 3.10. The van der Waals surface area contributed by atoms with Crippen LogP contribution in [-0.4, -0.2) is 9.78 Å². The summed E-state index contributed by atoms with van der Waals surface area (Å²) in [5.74, 6) is 0. The molecular weight excluding hydrogens is 260 g/mol. The summed E-state index contributed by atoms with van der Waals surface area (Å²) in [5, 5.41) is 14.3. The molecule has 0 atom stereocenters. The molecule has 1 aromatic carbocycles. The van der Waals surface area contributed by atoms with E-state index >= 15 is 0 Å². The molecular formula is C14H15ClN4. The van der Waals surface area contributed by atoms with Crippen LogP contribution in [0.3, 0.4) is 0 Å². The number of anilines is 1. The maximum atomic E-state index is 9.22. The highest BCUT2D eigenvalue weighted by molar-refractivity contribution is 6.30. The molecule has 0 fully saturated rings. The molecule has 2 rings (SSSR count). The Morgan fingerprint density at radius 1 is 1.37 bits per heavy atom. The van der Waals surface area contributed by atoms with Crippen LogP contribution >= 0.6 is 11.6 Å². The third-order valence-electron chi connectivity index (χ3n) is 3.08. The molecule has 1 heterocycles. The van der Waals surface area contributed by atoms with Crippen molar-refractivity contribution in [2.45, 2.75) is 26.7 Å². The number of aryl methyl sites for hydroxylation is 1. The summed E-state index contributed by atoms with van der Waals surface area (Å²) in [6.07, 6.45) is 1.52. The van der Waals surface area contributed by atoms with Gasteiger partial charge in [0.1, 0.15) is 6.07 Å². The molecule has 4 nitrogen and oxygen atoms in total. The summed E-state index contributed by atoms with van der Waals surface area (Å²) in [7, 11) is 0. The fraction of sp³-hybridized carbons (Fsp3) is 0.286. The minimum absolute atomic E-state index is 0.493. The normalized spacial score (nSPS) is 10.4. The van der Waals surface area contributed by atoms with Crippen LogP contribution in [-0.2, 0) is 12.8 Å². The summed E-state index contributed by atoms with van der Waals surface area (Å²) in [6, 6.07) is 7.33. The lowest BCUT2D eigenvalue weighted by Gasteiger charge is -2.08. The fourth-order valence-electron chi connectivity index (χ4n) is 2.10. The van der Waals surface area contributed by atoms with Crippen LogP contribution in [0.1, 0.15) is 30.8 Å². The fourth-order valence-corrected chi connectivity index (χ4v) is 2.27. The lowest BCUT2D eigenvalue weighted by Crippen LogP contribution is -2.04. The second-order valence-electron chi connectivity index (χ2n) is 4.20. The maximum Gasteiger partial charge on any atom is 0.101 e. The van der Waals surface area contributed by atoms with Gasteiger partial charge in [0.25, 0.3) is 0 Å². The molecule has 2 aromatic rings. The Kier molecular flexibility index (Phi) is 3.77. The molecule has 5 heteroatoms. The lowest BCUT2D eigenvalue weighted by atomic mass is 10.1. The van der Waals surface area contributed by atoms with Crippen molar-refractivity contribution in [3.8, 4) is 11.8 Å².